The minimum absolute atomic E-state index is 0.209. The van der Waals surface area contributed by atoms with Gasteiger partial charge in [0.15, 0.2) is 11.5 Å². The van der Waals surface area contributed by atoms with E-state index in [0.717, 1.165) is 0 Å². The smallest absolute Gasteiger partial charge is 0.253 e. The molecule has 0 aliphatic carbocycles. The lowest BCUT2D eigenvalue weighted by Crippen LogP contribution is -2.70. The zero-order chi connectivity index (χ0) is 20.1. The number of amides is 1. The van der Waals surface area contributed by atoms with E-state index in [4.69, 9.17) is 57.4 Å². The molecule has 1 heterocycles. The van der Waals surface area contributed by atoms with Crippen molar-refractivity contribution >= 4 is 63.8 Å². The van der Waals surface area contributed by atoms with Crippen molar-refractivity contribution in [1.82, 2.24) is 10.3 Å². The molecule has 2 aromatic rings. The van der Waals surface area contributed by atoms with Crippen molar-refractivity contribution in [3.8, 4) is 6.19 Å². The molecule has 0 spiro atoms. The fourth-order valence-electron chi connectivity index (χ4n) is 1.95. The van der Waals surface area contributed by atoms with Crippen molar-refractivity contribution in [3.63, 3.8) is 0 Å². The summed E-state index contributed by atoms with van der Waals surface area (Å²) < 4.78 is -2.26. The lowest BCUT2D eigenvalue weighted by Gasteiger charge is -2.37. The number of hydrogen-bond donors (Lipinski definition) is 3. The summed E-state index contributed by atoms with van der Waals surface area (Å²) >= 11 is 23.9. The van der Waals surface area contributed by atoms with Crippen LogP contribution in [0, 0.1) is 11.5 Å². The number of anilines is 1. The Morgan fingerprint density at radius 2 is 1.89 bits per heavy atom. The summed E-state index contributed by atoms with van der Waals surface area (Å²) in [6, 6.07) is 9.22. The van der Waals surface area contributed by atoms with Gasteiger partial charge in [-0.05, 0) is 36.4 Å². The van der Waals surface area contributed by atoms with Gasteiger partial charge in [0.05, 0.1) is 11.9 Å². The van der Waals surface area contributed by atoms with E-state index >= 15 is 0 Å². The van der Waals surface area contributed by atoms with Crippen LogP contribution in [0.3, 0.4) is 0 Å². The first-order chi connectivity index (χ1) is 12.7. The number of hydrogen-bond acceptors (Lipinski definition) is 5. The van der Waals surface area contributed by atoms with Crippen LogP contribution in [0.2, 0.25) is 5.02 Å². The summed E-state index contributed by atoms with van der Waals surface area (Å²) in [4.78, 5) is 20.1. The molecular weight excluding hydrogens is 434 g/mol. The van der Waals surface area contributed by atoms with E-state index in [-0.39, 0.29) is 11.4 Å². The predicted molar refractivity (Wildman–Crippen MR) is 107 cm³/mol. The zero-order valence-electron chi connectivity index (χ0n) is 13.5. The van der Waals surface area contributed by atoms with Gasteiger partial charge < -0.3 is 10.6 Å². The molecule has 7 nitrogen and oxygen atoms in total. The predicted octanol–water partition coefficient (Wildman–Crippen LogP) is 3.48. The average Bonchev–Trinajstić information content (AvgIpc) is 2.61. The number of nitrogens with one attached hydrogen (secondary N) is 2. The number of nitrogens with two attached hydrogens (primary N) is 1. The minimum Gasteiger partial charge on any atom is -0.338 e. The first-order valence-corrected chi connectivity index (χ1v) is 8.76. The summed E-state index contributed by atoms with van der Waals surface area (Å²) in [6.07, 6.45) is 4.54. The number of aromatic nitrogens is 1. The van der Waals surface area contributed by atoms with E-state index in [9.17, 15) is 4.79 Å². The van der Waals surface area contributed by atoms with Gasteiger partial charge in [0.2, 0.25) is 9.99 Å². The van der Waals surface area contributed by atoms with E-state index in [0.29, 0.717) is 10.7 Å². The highest BCUT2D eigenvalue weighted by molar-refractivity contribution is 6.69. The number of rotatable bonds is 4. The second-order valence-electron chi connectivity index (χ2n) is 5.19. The molecule has 1 unspecified atom stereocenters. The highest BCUT2D eigenvalue weighted by atomic mass is 35.6. The monoisotopic (exact) mass is 444 g/mol. The third kappa shape index (κ3) is 5.22. The standard InChI is InChI=1S/C16H12Cl4N6O/c17-11-5-3-10(4-6-11)13(27)26-15(22,16(18,19)20)14(24-9-21)25-12-2-1-7-23-8-12/h1-8H,22H2,(H,24,25)(H,26,27). The van der Waals surface area contributed by atoms with Crippen molar-refractivity contribution in [1.29, 1.82) is 5.26 Å². The molecule has 4 N–H and O–H groups in total. The van der Waals surface area contributed by atoms with Crippen LogP contribution in [0.4, 0.5) is 5.69 Å². The molecule has 0 aliphatic rings. The quantitative estimate of drug-likeness (QED) is 0.219. The molecule has 2 rings (SSSR count). The summed E-state index contributed by atoms with van der Waals surface area (Å²) in [5, 5.41) is 14.6. The number of benzene rings is 1. The van der Waals surface area contributed by atoms with Crippen LogP contribution in [-0.4, -0.2) is 26.2 Å². The van der Waals surface area contributed by atoms with E-state index in [1.807, 2.05) is 0 Å². The van der Waals surface area contributed by atoms with E-state index in [1.165, 1.54) is 30.5 Å². The second kappa shape index (κ2) is 8.74. The van der Waals surface area contributed by atoms with Crippen molar-refractivity contribution in [3.05, 3.63) is 59.4 Å². The van der Waals surface area contributed by atoms with Gasteiger partial charge in [-0.1, -0.05) is 46.4 Å². The number of aliphatic imine (C=N–C) groups is 1. The Bertz CT molecular complexity index is 877. The van der Waals surface area contributed by atoms with Crippen LogP contribution >= 0.6 is 46.4 Å². The average molecular weight is 446 g/mol. The number of amidine groups is 1. The van der Waals surface area contributed by atoms with E-state index in [2.05, 4.69) is 20.6 Å². The molecule has 0 saturated carbocycles. The lowest BCUT2D eigenvalue weighted by atomic mass is 10.1. The van der Waals surface area contributed by atoms with Crippen molar-refractivity contribution in [2.24, 2.45) is 10.7 Å². The van der Waals surface area contributed by atoms with Crippen LogP contribution in [0.25, 0.3) is 0 Å². The summed E-state index contributed by atoms with van der Waals surface area (Å²) in [7, 11) is 0. The Labute approximate surface area is 175 Å². The number of alkyl halides is 3. The van der Waals surface area contributed by atoms with E-state index in [1.54, 1.807) is 24.5 Å². The molecule has 0 bridgehead atoms. The Balaban J connectivity index is 2.41. The molecule has 1 amide bonds. The molecule has 0 radical (unpaired) electrons. The van der Waals surface area contributed by atoms with Gasteiger partial charge in [-0.25, -0.2) is 0 Å². The van der Waals surface area contributed by atoms with Gasteiger partial charge in [0.1, 0.15) is 0 Å². The number of pyridine rings is 1. The maximum atomic E-state index is 12.6. The van der Waals surface area contributed by atoms with Gasteiger partial charge >= 0.3 is 0 Å². The van der Waals surface area contributed by atoms with Gasteiger partial charge in [-0.15, -0.1) is 0 Å². The molecule has 0 saturated heterocycles. The van der Waals surface area contributed by atoms with Crippen molar-refractivity contribution < 1.29 is 4.79 Å². The Morgan fingerprint density at radius 3 is 2.41 bits per heavy atom. The maximum absolute atomic E-state index is 12.6. The van der Waals surface area contributed by atoms with Crippen LogP contribution in [-0.2, 0) is 0 Å². The molecule has 1 aromatic heterocycles. The molecule has 0 fully saturated rings. The number of carbonyl (C=O) groups excluding carboxylic acids is 1. The summed E-state index contributed by atoms with van der Waals surface area (Å²) in [5.41, 5.74) is 4.66. The first kappa shape index (κ1) is 21.2. The third-order valence-electron chi connectivity index (χ3n) is 3.32. The summed E-state index contributed by atoms with van der Waals surface area (Å²) in [6.45, 7) is 0. The summed E-state index contributed by atoms with van der Waals surface area (Å²) in [5.74, 6) is -0.959. The molecule has 1 aromatic carbocycles. The number of nitrogens with zero attached hydrogens (tertiary/aromatic N) is 3. The molecule has 1 atom stereocenters. The lowest BCUT2D eigenvalue weighted by molar-refractivity contribution is 0.0925. The SMILES string of the molecule is N#CN=C(Nc1cccnc1)C(N)(NC(=O)c1ccc(Cl)cc1)C(Cl)(Cl)Cl. The molecular formula is C16H12Cl4N6O. The maximum Gasteiger partial charge on any atom is 0.253 e. The molecule has 27 heavy (non-hydrogen) atoms. The topological polar surface area (TPSA) is 116 Å². The van der Waals surface area contributed by atoms with Crippen LogP contribution in [0.15, 0.2) is 53.8 Å². The Morgan fingerprint density at radius 1 is 1.22 bits per heavy atom. The third-order valence-corrected chi connectivity index (χ3v) is 4.47. The number of carbonyl (C=O) groups is 1. The number of halogens is 4. The Kier molecular flexibility index (Phi) is 6.87. The fraction of sp³-hybridized carbons (Fsp3) is 0.125. The Hall–Kier alpha value is -2.08. The van der Waals surface area contributed by atoms with Gasteiger partial charge in [0.25, 0.3) is 5.91 Å². The fourth-order valence-corrected chi connectivity index (χ4v) is 2.49. The number of nitriles is 1. The van der Waals surface area contributed by atoms with Gasteiger partial charge in [-0.3, -0.25) is 15.5 Å². The van der Waals surface area contributed by atoms with Gasteiger partial charge in [0, 0.05) is 16.8 Å². The minimum atomic E-state index is -2.26. The van der Waals surface area contributed by atoms with Crippen molar-refractivity contribution in [2.75, 3.05) is 5.32 Å². The first-order valence-electron chi connectivity index (χ1n) is 7.25. The second-order valence-corrected chi connectivity index (χ2v) is 7.91. The molecule has 11 heteroatoms. The zero-order valence-corrected chi connectivity index (χ0v) is 16.5. The van der Waals surface area contributed by atoms with Crippen molar-refractivity contribution in [2.45, 2.75) is 9.46 Å². The van der Waals surface area contributed by atoms with Crippen LogP contribution < -0.4 is 16.4 Å². The molecule has 140 valence electrons. The highest BCUT2D eigenvalue weighted by Crippen LogP contribution is 2.36. The largest absolute Gasteiger partial charge is 0.338 e. The normalized spacial score (nSPS) is 14.0. The van der Waals surface area contributed by atoms with Gasteiger partial charge in [-0.2, -0.15) is 10.3 Å². The highest BCUT2D eigenvalue weighted by Gasteiger charge is 2.51. The van der Waals surface area contributed by atoms with Crippen LogP contribution in [0.5, 0.6) is 0 Å². The molecule has 0 aliphatic heterocycles. The van der Waals surface area contributed by atoms with E-state index < -0.39 is 15.4 Å². The van der Waals surface area contributed by atoms with Crippen LogP contribution in [0.1, 0.15) is 10.4 Å².